The third-order valence-corrected chi connectivity index (χ3v) is 9.69. The van der Waals surface area contributed by atoms with Crippen molar-refractivity contribution in [2.45, 2.75) is 29.6 Å². The fourth-order valence-electron chi connectivity index (χ4n) is 3.66. The van der Waals surface area contributed by atoms with Gasteiger partial charge in [-0.2, -0.15) is 0 Å². The molecule has 4 heterocycles. The molecule has 2 aliphatic heterocycles. The van der Waals surface area contributed by atoms with E-state index >= 15 is 0 Å². The van der Waals surface area contributed by atoms with Gasteiger partial charge in [-0.25, -0.2) is 19.6 Å². The molecule has 0 spiro atoms. The van der Waals surface area contributed by atoms with E-state index in [-0.39, 0.29) is 34.6 Å². The Morgan fingerprint density at radius 3 is 2.76 bits per heavy atom. The van der Waals surface area contributed by atoms with Crippen molar-refractivity contribution in [1.82, 2.24) is 20.2 Å². The van der Waals surface area contributed by atoms with Crippen LogP contribution in [0.2, 0.25) is 0 Å². The molecule has 202 valence electrons. The lowest BCUT2D eigenvalue weighted by molar-refractivity contribution is -0.150. The van der Waals surface area contributed by atoms with E-state index in [4.69, 9.17) is 15.3 Å². The minimum Gasteiger partial charge on any atom is -0.477 e. The summed E-state index contributed by atoms with van der Waals surface area (Å²) in [5.41, 5.74) is 6.64. The summed E-state index contributed by atoms with van der Waals surface area (Å²) in [4.78, 5) is 64.8. The fraction of sp³-hybridized carbons (Fsp3) is 0.381. The number of nitrogens with one attached hydrogen (secondary N) is 1. The fourth-order valence-corrected chi connectivity index (χ4v) is 7.78. The number of nitrogens with zero attached hydrogens (tertiary/aromatic N) is 4. The molecule has 2 aliphatic rings. The number of carbonyl (C=O) groups is 4. The molecular formula is C21H22N6O7S4. The first-order valence-corrected chi connectivity index (χ1v) is 14.7. The maximum absolute atomic E-state index is 13.0. The lowest BCUT2D eigenvalue weighted by Gasteiger charge is -2.49. The van der Waals surface area contributed by atoms with Crippen LogP contribution < -0.4 is 11.1 Å². The van der Waals surface area contributed by atoms with Crippen molar-refractivity contribution in [2.75, 3.05) is 31.0 Å². The van der Waals surface area contributed by atoms with Gasteiger partial charge in [-0.1, -0.05) is 16.9 Å². The molecule has 0 saturated carbocycles. The number of aromatic nitrogens is 2. The quantitative estimate of drug-likeness (QED) is 0.118. The molecule has 2 aromatic rings. The highest BCUT2D eigenvalue weighted by atomic mass is 32.2. The maximum atomic E-state index is 13.0. The molecule has 2 atom stereocenters. The Morgan fingerprint density at radius 2 is 2.13 bits per heavy atom. The van der Waals surface area contributed by atoms with Crippen LogP contribution in [0.3, 0.4) is 0 Å². The SMILES string of the molecule is CCOC(=O)c1sc(SCC2=C(C(=O)O)N3C(=O)C(NC(=O)C(=NOC)c4csc(N)n4)[C@H]3SC2)nc1C. The van der Waals surface area contributed by atoms with Gasteiger partial charge in [0.1, 0.15) is 34.8 Å². The summed E-state index contributed by atoms with van der Waals surface area (Å²) in [5, 5.41) is 17.4. The van der Waals surface area contributed by atoms with Gasteiger partial charge >= 0.3 is 11.9 Å². The average Bonchev–Trinajstić information content (AvgIpc) is 3.48. The highest BCUT2D eigenvalue weighted by molar-refractivity contribution is 8.01. The Labute approximate surface area is 232 Å². The zero-order chi connectivity index (χ0) is 27.6. The molecule has 1 saturated heterocycles. The standard InChI is InChI=1S/C21H22N6O7S4/c1-4-34-19(32)14-8(2)23-21(38-14)37-6-9-5-35-17-12(16(29)27(17)13(9)18(30)31)25-15(28)11(26-33-3)10-7-36-20(22)24-10/h7,12,17H,4-6H2,1-3H3,(H2,22,24)(H,25,28)(H,30,31)/t12?,17-/m1/s1. The second kappa shape index (κ2) is 11.7. The third kappa shape index (κ3) is 5.50. The molecule has 1 fully saturated rings. The number of carboxylic acid groups (broad SMARTS) is 1. The Kier molecular flexibility index (Phi) is 8.59. The van der Waals surface area contributed by atoms with E-state index in [1.54, 1.807) is 13.8 Å². The number of carboxylic acids is 1. The number of thiazole rings is 2. The van der Waals surface area contributed by atoms with Gasteiger partial charge in [0.25, 0.3) is 11.8 Å². The first-order chi connectivity index (χ1) is 18.2. The van der Waals surface area contributed by atoms with Crippen LogP contribution in [-0.4, -0.2) is 86.1 Å². The Bertz CT molecular complexity index is 1350. The normalized spacial score (nSPS) is 19.1. The van der Waals surface area contributed by atoms with Crippen LogP contribution in [0.1, 0.15) is 28.0 Å². The number of amides is 2. The number of anilines is 1. The largest absolute Gasteiger partial charge is 0.477 e. The van der Waals surface area contributed by atoms with Gasteiger partial charge in [-0.05, 0) is 19.4 Å². The highest BCUT2D eigenvalue weighted by Gasteiger charge is 2.54. The molecule has 17 heteroatoms. The van der Waals surface area contributed by atoms with Gasteiger partial charge in [0.15, 0.2) is 15.2 Å². The Hall–Kier alpha value is -3.15. The zero-order valence-corrected chi connectivity index (χ0v) is 23.5. The number of fused-ring (bicyclic) bond motifs is 1. The summed E-state index contributed by atoms with van der Waals surface area (Å²) in [7, 11) is 1.27. The van der Waals surface area contributed by atoms with Gasteiger partial charge in [0.05, 0.1) is 12.3 Å². The molecule has 2 aromatic heterocycles. The number of thioether (sulfide) groups is 2. The molecule has 13 nitrogen and oxygen atoms in total. The predicted octanol–water partition coefficient (Wildman–Crippen LogP) is 1.55. The van der Waals surface area contributed by atoms with Crippen LogP contribution in [0, 0.1) is 6.92 Å². The number of rotatable bonds is 10. The maximum Gasteiger partial charge on any atom is 0.352 e. The van der Waals surface area contributed by atoms with Gasteiger partial charge in [0, 0.05) is 16.9 Å². The summed E-state index contributed by atoms with van der Waals surface area (Å²) in [6, 6.07) is -0.956. The Balaban J connectivity index is 1.47. The smallest absolute Gasteiger partial charge is 0.352 e. The van der Waals surface area contributed by atoms with Gasteiger partial charge < -0.3 is 25.7 Å². The van der Waals surface area contributed by atoms with E-state index in [9.17, 15) is 24.3 Å². The summed E-state index contributed by atoms with van der Waals surface area (Å²) in [5.74, 6) is -2.37. The summed E-state index contributed by atoms with van der Waals surface area (Å²) >= 11 is 4.91. The monoisotopic (exact) mass is 598 g/mol. The van der Waals surface area contributed by atoms with E-state index < -0.39 is 35.2 Å². The number of aryl methyl sites for hydroxylation is 1. The minimum absolute atomic E-state index is 0.117. The van der Waals surface area contributed by atoms with Crippen LogP contribution in [-0.2, 0) is 24.0 Å². The topological polar surface area (TPSA) is 186 Å². The van der Waals surface area contributed by atoms with Crippen molar-refractivity contribution in [3.63, 3.8) is 0 Å². The lowest BCUT2D eigenvalue weighted by Crippen LogP contribution is -2.71. The number of aliphatic carboxylic acids is 1. The van der Waals surface area contributed by atoms with Crippen LogP contribution >= 0.6 is 46.2 Å². The number of carbonyl (C=O) groups excluding carboxylic acids is 3. The minimum atomic E-state index is -1.24. The van der Waals surface area contributed by atoms with Gasteiger partial charge in [0.2, 0.25) is 0 Å². The number of hydrogen-bond donors (Lipinski definition) is 3. The van der Waals surface area contributed by atoms with Gasteiger partial charge in [-0.3, -0.25) is 14.5 Å². The summed E-state index contributed by atoms with van der Waals surface area (Å²) in [6.45, 7) is 3.67. The second-order valence-electron chi connectivity index (χ2n) is 7.72. The van der Waals surface area contributed by atoms with Gasteiger partial charge in [-0.15, -0.1) is 34.4 Å². The zero-order valence-electron chi connectivity index (χ0n) is 20.2. The number of esters is 1. The molecule has 38 heavy (non-hydrogen) atoms. The van der Waals surface area contributed by atoms with E-state index in [0.717, 1.165) is 11.3 Å². The average molecular weight is 599 g/mol. The molecule has 0 bridgehead atoms. The second-order valence-corrected chi connectivity index (χ2v) is 11.9. The van der Waals surface area contributed by atoms with Crippen molar-refractivity contribution in [3.8, 4) is 0 Å². The van der Waals surface area contributed by atoms with Crippen molar-refractivity contribution in [2.24, 2.45) is 5.16 Å². The third-order valence-electron chi connectivity index (χ3n) is 5.31. The number of ether oxygens (including phenoxy) is 1. The number of nitrogen functional groups attached to an aromatic ring is 1. The molecular weight excluding hydrogens is 577 g/mol. The Morgan fingerprint density at radius 1 is 1.37 bits per heavy atom. The van der Waals surface area contributed by atoms with Crippen LogP contribution in [0.15, 0.2) is 26.1 Å². The number of nitrogens with two attached hydrogens (primary N) is 1. The molecule has 2 amide bonds. The van der Waals surface area contributed by atoms with E-state index in [1.807, 2.05) is 0 Å². The van der Waals surface area contributed by atoms with E-state index in [0.29, 0.717) is 26.2 Å². The number of oxime groups is 1. The number of hydrogen-bond acceptors (Lipinski definition) is 14. The molecule has 4 rings (SSSR count). The predicted molar refractivity (Wildman–Crippen MR) is 143 cm³/mol. The number of β-lactam (4-membered cyclic amide) rings is 1. The van der Waals surface area contributed by atoms with Crippen LogP contribution in [0.25, 0.3) is 0 Å². The van der Waals surface area contributed by atoms with E-state index in [2.05, 4.69) is 20.4 Å². The molecule has 4 N–H and O–H groups in total. The van der Waals surface area contributed by atoms with Crippen molar-refractivity contribution in [1.29, 1.82) is 0 Å². The first-order valence-electron chi connectivity index (χ1n) is 11.0. The highest BCUT2D eigenvalue weighted by Crippen LogP contribution is 2.42. The molecule has 1 unspecified atom stereocenters. The molecule has 0 aliphatic carbocycles. The van der Waals surface area contributed by atoms with Crippen molar-refractivity contribution in [3.05, 3.63) is 32.9 Å². The lowest BCUT2D eigenvalue weighted by atomic mass is 10.0. The summed E-state index contributed by atoms with van der Waals surface area (Å²) in [6.07, 6.45) is 0. The van der Waals surface area contributed by atoms with Crippen molar-refractivity contribution < 1.29 is 33.9 Å². The summed E-state index contributed by atoms with van der Waals surface area (Å²) < 4.78 is 5.62. The molecule has 0 aromatic carbocycles. The molecule has 0 radical (unpaired) electrons. The first kappa shape index (κ1) is 27.9. The van der Waals surface area contributed by atoms with Crippen LogP contribution in [0.4, 0.5) is 5.13 Å². The van der Waals surface area contributed by atoms with E-state index in [1.165, 1.54) is 52.3 Å². The van der Waals surface area contributed by atoms with Crippen LogP contribution in [0.5, 0.6) is 0 Å². The van der Waals surface area contributed by atoms with Crippen molar-refractivity contribution >= 4 is 80.8 Å².